The number of benzene rings is 2. The van der Waals surface area contributed by atoms with Gasteiger partial charge in [-0.1, -0.05) is 59.5 Å². The first-order valence-corrected chi connectivity index (χ1v) is 10.00. The molecular formula is C19H13N3O3S2. The van der Waals surface area contributed by atoms with E-state index in [1.54, 1.807) is 6.07 Å². The van der Waals surface area contributed by atoms with Crippen LogP contribution >= 0.6 is 23.1 Å². The van der Waals surface area contributed by atoms with Gasteiger partial charge in [-0.25, -0.2) is 4.79 Å². The molecule has 134 valence electrons. The fourth-order valence-electron chi connectivity index (χ4n) is 2.63. The van der Waals surface area contributed by atoms with Crippen molar-refractivity contribution in [1.82, 2.24) is 10.2 Å². The van der Waals surface area contributed by atoms with E-state index >= 15 is 0 Å². The van der Waals surface area contributed by atoms with Crippen molar-refractivity contribution < 1.29 is 9.21 Å². The maximum atomic E-state index is 12.4. The van der Waals surface area contributed by atoms with Crippen molar-refractivity contribution in [3.8, 4) is 11.1 Å². The number of anilines is 1. The van der Waals surface area contributed by atoms with Crippen molar-refractivity contribution in [2.24, 2.45) is 0 Å². The molecular weight excluding hydrogens is 382 g/mol. The first kappa shape index (κ1) is 17.4. The van der Waals surface area contributed by atoms with Gasteiger partial charge in [-0.15, -0.1) is 10.2 Å². The Morgan fingerprint density at radius 3 is 2.63 bits per heavy atom. The van der Waals surface area contributed by atoms with Gasteiger partial charge in [0.15, 0.2) is 10.1 Å². The molecule has 6 nitrogen and oxygen atoms in total. The third-order valence-corrected chi connectivity index (χ3v) is 5.69. The van der Waals surface area contributed by atoms with E-state index in [9.17, 15) is 9.59 Å². The molecule has 1 amide bonds. The van der Waals surface area contributed by atoms with Crippen LogP contribution in [0.1, 0.15) is 10.6 Å². The molecule has 2 heterocycles. The number of hydrogen-bond donors (Lipinski definition) is 1. The van der Waals surface area contributed by atoms with Crippen LogP contribution in [-0.4, -0.2) is 22.4 Å². The minimum atomic E-state index is -0.590. The SMILES string of the molecule is CSc1nnc(NC(=O)c2cc(-c3ccc4ccccc4c3)cc(=O)o2)s1. The number of carbonyl (C=O) groups excluding carboxylic acids is 1. The minimum Gasteiger partial charge on any atom is -0.417 e. The molecule has 1 N–H and O–H groups in total. The van der Waals surface area contributed by atoms with E-state index in [1.807, 2.05) is 48.7 Å². The van der Waals surface area contributed by atoms with E-state index < -0.39 is 11.5 Å². The number of rotatable bonds is 4. The number of amides is 1. The normalized spacial score (nSPS) is 10.9. The molecule has 2 aromatic heterocycles. The van der Waals surface area contributed by atoms with Crippen LogP contribution in [0, 0.1) is 0 Å². The zero-order valence-electron chi connectivity index (χ0n) is 14.1. The van der Waals surface area contributed by atoms with Gasteiger partial charge in [0.2, 0.25) is 5.13 Å². The van der Waals surface area contributed by atoms with Crippen molar-refractivity contribution in [2.45, 2.75) is 4.34 Å². The number of carbonyl (C=O) groups is 1. The standard InChI is InChI=1S/C19H13N3O3S2/c1-26-19-22-21-18(27-19)20-17(24)15-9-14(10-16(23)25-15)13-7-6-11-4-2-3-5-12(11)8-13/h2-10H,1H3,(H,20,21,24). The number of nitrogens with one attached hydrogen (secondary N) is 1. The van der Waals surface area contributed by atoms with Gasteiger partial charge >= 0.3 is 5.63 Å². The van der Waals surface area contributed by atoms with Crippen molar-refractivity contribution in [1.29, 1.82) is 0 Å². The Morgan fingerprint density at radius 1 is 1.04 bits per heavy atom. The Bertz CT molecular complexity index is 1200. The van der Waals surface area contributed by atoms with Crippen LogP contribution in [0.15, 0.2) is 68.1 Å². The molecule has 0 saturated carbocycles. The van der Waals surface area contributed by atoms with E-state index in [1.165, 1.54) is 29.2 Å². The Labute approximate surface area is 162 Å². The Balaban J connectivity index is 1.67. The van der Waals surface area contributed by atoms with E-state index in [0.717, 1.165) is 20.7 Å². The second kappa shape index (κ2) is 7.34. The summed E-state index contributed by atoms with van der Waals surface area (Å²) in [6, 6.07) is 16.7. The summed E-state index contributed by atoms with van der Waals surface area (Å²) in [4.78, 5) is 24.4. The number of thioether (sulfide) groups is 1. The molecule has 27 heavy (non-hydrogen) atoms. The second-order valence-electron chi connectivity index (χ2n) is 5.62. The molecule has 2 aromatic carbocycles. The van der Waals surface area contributed by atoms with Gasteiger partial charge in [0.1, 0.15) is 0 Å². The average Bonchev–Trinajstić information content (AvgIpc) is 3.14. The van der Waals surface area contributed by atoms with Gasteiger partial charge in [-0.05, 0) is 40.3 Å². The lowest BCUT2D eigenvalue weighted by atomic mass is 10.0. The average molecular weight is 395 g/mol. The Kier molecular flexibility index (Phi) is 4.74. The van der Waals surface area contributed by atoms with Gasteiger partial charge in [0.05, 0.1) is 0 Å². The van der Waals surface area contributed by atoms with Crippen molar-refractivity contribution in [3.05, 3.63) is 70.8 Å². The predicted molar refractivity (Wildman–Crippen MR) is 108 cm³/mol. The second-order valence-corrected chi connectivity index (χ2v) is 7.65. The molecule has 0 aliphatic rings. The van der Waals surface area contributed by atoms with Crippen molar-refractivity contribution >= 4 is 44.9 Å². The maximum absolute atomic E-state index is 12.4. The molecule has 0 fully saturated rings. The monoisotopic (exact) mass is 395 g/mol. The lowest BCUT2D eigenvalue weighted by Crippen LogP contribution is -2.14. The van der Waals surface area contributed by atoms with Crippen LogP contribution in [0.5, 0.6) is 0 Å². The highest BCUT2D eigenvalue weighted by Gasteiger charge is 2.15. The molecule has 0 saturated heterocycles. The number of nitrogens with zero attached hydrogens (tertiary/aromatic N) is 2. The molecule has 4 aromatic rings. The first-order chi connectivity index (χ1) is 13.1. The van der Waals surface area contributed by atoms with Crippen LogP contribution < -0.4 is 10.9 Å². The summed E-state index contributed by atoms with van der Waals surface area (Å²) in [5, 5.41) is 12.9. The third kappa shape index (κ3) is 3.76. The molecule has 0 aliphatic carbocycles. The Morgan fingerprint density at radius 2 is 1.85 bits per heavy atom. The third-order valence-electron chi connectivity index (χ3n) is 3.88. The zero-order chi connectivity index (χ0) is 18.8. The van der Waals surface area contributed by atoms with Crippen LogP contribution in [0.4, 0.5) is 5.13 Å². The number of aromatic nitrogens is 2. The van der Waals surface area contributed by atoms with Crippen LogP contribution in [0.3, 0.4) is 0 Å². The molecule has 8 heteroatoms. The fraction of sp³-hybridized carbons (Fsp3) is 0.0526. The fourth-order valence-corrected chi connectivity index (χ4v) is 3.79. The molecule has 4 rings (SSSR count). The van der Waals surface area contributed by atoms with Gasteiger partial charge in [0, 0.05) is 6.07 Å². The van der Waals surface area contributed by atoms with Crippen LogP contribution in [0.25, 0.3) is 21.9 Å². The smallest absolute Gasteiger partial charge is 0.336 e. The van der Waals surface area contributed by atoms with Gasteiger partial charge in [0.25, 0.3) is 5.91 Å². The molecule has 0 aliphatic heterocycles. The van der Waals surface area contributed by atoms with Gasteiger partial charge in [-0.3, -0.25) is 10.1 Å². The summed E-state index contributed by atoms with van der Waals surface area (Å²) in [6.07, 6.45) is 1.87. The van der Waals surface area contributed by atoms with Crippen molar-refractivity contribution in [2.75, 3.05) is 11.6 Å². The summed E-state index contributed by atoms with van der Waals surface area (Å²) in [5.41, 5.74) is 0.855. The summed E-state index contributed by atoms with van der Waals surface area (Å²) >= 11 is 2.69. The largest absolute Gasteiger partial charge is 0.417 e. The number of hydrogen-bond acceptors (Lipinski definition) is 7. The van der Waals surface area contributed by atoms with Gasteiger partial charge in [-0.2, -0.15) is 0 Å². The maximum Gasteiger partial charge on any atom is 0.336 e. The minimum absolute atomic E-state index is 0.0773. The predicted octanol–water partition coefficient (Wildman–Crippen LogP) is 4.29. The van der Waals surface area contributed by atoms with E-state index in [0.29, 0.717) is 10.7 Å². The Hall–Kier alpha value is -2.97. The van der Waals surface area contributed by atoms with Crippen LogP contribution in [-0.2, 0) is 0 Å². The number of fused-ring (bicyclic) bond motifs is 1. The highest BCUT2D eigenvalue weighted by molar-refractivity contribution is 8.00. The molecule has 0 bridgehead atoms. The highest BCUT2D eigenvalue weighted by atomic mass is 32.2. The van der Waals surface area contributed by atoms with E-state index in [4.69, 9.17) is 4.42 Å². The zero-order valence-corrected chi connectivity index (χ0v) is 15.8. The van der Waals surface area contributed by atoms with Crippen molar-refractivity contribution in [3.63, 3.8) is 0 Å². The summed E-state index contributed by atoms with van der Waals surface area (Å²) < 4.78 is 5.81. The van der Waals surface area contributed by atoms with E-state index in [2.05, 4.69) is 15.5 Å². The topological polar surface area (TPSA) is 85.1 Å². The van der Waals surface area contributed by atoms with Crippen LogP contribution in [0.2, 0.25) is 0 Å². The summed E-state index contributed by atoms with van der Waals surface area (Å²) in [6.45, 7) is 0. The summed E-state index contributed by atoms with van der Waals surface area (Å²) in [7, 11) is 0. The quantitative estimate of drug-likeness (QED) is 0.410. The van der Waals surface area contributed by atoms with Gasteiger partial charge < -0.3 is 4.42 Å². The van der Waals surface area contributed by atoms with E-state index in [-0.39, 0.29) is 5.76 Å². The summed E-state index contributed by atoms with van der Waals surface area (Å²) in [5.74, 6) is -0.620. The molecule has 0 unspecified atom stereocenters. The molecule has 0 atom stereocenters. The lowest BCUT2D eigenvalue weighted by Gasteiger charge is -2.06. The highest BCUT2D eigenvalue weighted by Crippen LogP contribution is 2.26. The molecule has 0 radical (unpaired) electrons. The lowest BCUT2D eigenvalue weighted by molar-refractivity contribution is 0.0992. The molecule has 0 spiro atoms. The first-order valence-electron chi connectivity index (χ1n) is 7.95.